The zero-order valence-electron chi connectivity index (χ0n) is 9.37. The molecule has 0 heterocycles. The summed E-state index contributed by atoms with van der Waals surface area (Å²) >= 11 is 0. The van der Waals surface area contributed by atoms with Crippen molar-refractivity contribution in [3.8, 4) is 0 Å². The Morgan fingerprint density at radius 3 is 1.44 bits per heavy atom. The van der Waals surface area contributed by atoms with Gasteiger partial charge in [0.25, 0.3) is 0 Å². The Hall–Kier alpha value is -2.50. The monoisotopic (exact) mass is 250 g/mol. The highest BCUT2D eigenvalue weighted by Gasteiger charge is 2.01. The van der Waals surface area contributed by atoms with Gasteiger partial charge in [-0.1, -0.05) is 0 Å². The molecule has 0 radical (unpaired) electrons. The van der Waals surface area contributed by atoms with Crippen molar-refractivity contribution in [2.45, 2.75) is 0 Å². The fourth-order valence-electron chi connectivity index (χ4n) is 1.39. The summed E-state index contributed by atoms with van der Waals surface area (Å²) in [5.41, 5.74) is 17.7. The molecule has 0 aliphatic heterocycles. The minimum atomic E-state index is -0.480. The number of hydrazine groups is 1. The first kappa shape index (κ1) is 12.0. The molecule has 0 bridgehead atoms. The highest BCUT2D eigenvalue weighted by Crippen LogP contribution is 2.19. The second kappa shape index (κ2) is 4.79. The van der Waals surface area contributed by atoms with Crippen molar-refractivity contribution in [3.63, 3.8) is 0 Å². The third-order valence-corrected chi connectivity index (χ3v) is 2.34. The average Bonchev–Trinajstić information content (AvgIpc) is 2.35. The van der Waals surface area contributed by atoms with Crippen LogP contribution in [0.4, 0.5) is 31.5 Å². The van der Waals surface area contributed by atoms with E-state index in [-0.39, 0.29) is 11.4 Å². The van der Waals surface area contributed by atoms with Crippen molar-refractivity contribution in [1.29, 1.82) is 0 Å². The van der Waals surface area contributed by atoms with Crippen LogP contribution in [0, 0.1) is 11.6 Å². The molecule has 4 nitrogen and oxygen atoms in total. The smallest absolute Gasteiger partial charge is 0.146 e. The van der Waals surface area contributed by atoms with E-state index in [1.54, 1.807) is 0 Å². The number of halogens is 2. The molecule has 0 saturated heterocycles. The van der Waals surface area contributed by atoms with Gasteiger partial charge < -0.3 is 22.3 Å². The average molecular weight is 250 g/mol. The van der Waals surface area contributed by atoms with Gasteiger partial charge in [-0.05, 0) is 36.4 Å². The van der Waals surface area contributed by atoms with Gasteiger partial charge in [-0.15, -0.1) is 0 Å². The Bertz CT molecular complexity index is 520. The number of nitrogen functional groups attached to an aromatic ring is 2. The standard InChI is InChI=1S/C12H12F2N4/c13-9-3-1-7(5-11(9)15)17-18-8-2-4-10(14)12(16)6-8/h1-6,17-18H,15-16H2. The molecule has 94 valence electrons. The van der Waals surface area contributed by atoms with E-state index in [1.165, 1.54) is 36.4 Å². The van der Waals surface area contributed by atoms with Crippen LogP contribution in [-0.2, 0) is 0 Å². The van der Waals surface area contributed by atoms with Crippen LogP contribution in [0.3, 0.4) is 0 Å². The first-order valence-electron chi connectivity index (χ1n) is 5.18. The largest absolute Gasteiger partial charge is 0.396 e. The summed E-state index contributed by atoms with van der Waals surface area (Å²) in [7, 11) is 0. The summed E-state index contributed by atoms with van der Waals surface area (Å²) in [5.74, 6) is -0.960. The maximum absolute atomic E-state index is 12.9. The Morgan fingerprint density at radius 2 is 1.11 bits per heavy atom. The third kappa shape index (κ3) is 2.60. The Kier molecular flexibility index (Phi) is 3.18. The summed E-state index contributed by atoms with van der Waals surface area (Å²) in [6.45, 7) is 0. The minimum Gasteiger partial charge on any atom is -0.396 e. The molecular weight excluding hydrogens is 238 g/mol. The van der Waals surface area contributed by atoms with Gasteiger partial charge in [0.2, 0.25) is 0 Å². The van der Waals surface area contributed by atoms with Gasteiger partial charge in [0, 0.05) is 0 Å². The summed E-state index contributed by atoms with van der Waals surface area (Å²) < 4.78 is 25.9. The van der Waals surface area contributed by atoms with E-state index in [4.69, 9.17) is 11.5 Å². The Balaban J connectivity index is 2.06. The Morgan fingerprint density at radius 1 is 0.722 bits per heavy atom. The Labute approximate surface area is 103 Å². The van der Waals surface area contributed by atoms with E-state index in [2.05, 4.69) is 10.9 Å². The number of anilines is 4. The summed E-state index contributed by atoms with van der Waals surface area (Å²) in [5, 5.41) is 0. The van der Waals surface area contributed by atoms with Crippen LogP contribution in [-0.4, -0.2) is 0 Å². The van der Waals surface area contributed by atoms with Crippen molar-refractivity contribution in [2.24, 2.45) is 0 Å². The molecule has 0 saturated carbocycles. The van der Waals surface area contributed by atoms with Crippen molar-refractivity contribution in [1.82, 2.24) is 0 Å². The molecule has 0 atom stereocenters. The zero-order chi connectivity index (χ0) is 13.1. The van der Waals surface area contributed by atoms with Gasteiger partial charge in [0.05, 0.1) is 22.7 Å². The molecule has 6 heteroatoms. The molecule has 18 heavy (non-hydrogen) atoms. The van der Waals surface area contributed by atoms with Crippen LogP contribution in [0.2, 0.25) is 0 Å². The molecule has 0 spiro atoms. The van der Waals surface area contributed by atoms with Crippen LogP contribution >= 0.6 is 0 Å². The number of rotatable bonds is 3. The van der Waals surface area contributed by atoms with Crippen LogP contribution in [0.25, 0.3) is 0 Å². The molecule has 0 aliphatic carbocycles. The summed E-state index contributed by atoms with van der Waals surface area (Å²) in [4.78, 5) is 0. The van der Waals surface area contributed by atoms with Gasteiger partial charge in [-0.25, -0.2) is 8.78 Å². The summed E-state index contributed by atoms with van der Waals surface area (Å²) in [6, 6.07) is 8.41. The second-order valence-electron chi connectivity index (χ2n) is 3.72. The van der Waals surface area contributed by atoms with Crippen molar-refractivity contribution < 1.29 is 8.78 Å². The molecule has 2 rings (SSSR count). The molecule has 0 amide bonds. The molecule has 0 fully saturated rings. The molecular formula is C12H12F2N4. The fraction of sp³-hybridized carbons (Fsp3) is 0. The first-order valence-corrected chi connectivity index (χ1v) is 5.18. The number of hydrogen-bond donors (Lipinski definition) is 4. The molecule has 6 N–H and O–H groups in total. The zero-order valence-corrected chi connectivity index (χ0v) is 9.37. The van der Waals surface area contributed by atoms with Gasteiger partial charge in [0.15, 0.2) is 0 Å². The van der Waals surface area contributed by atoms with E-state index in [0.29, 0.717) is 11.4 Å². The lowest BCUT2D eigenvalue weighted by Gasteiger charge is -2.11. The molecule has 2 aromatic rings. The predicted molar refractivity (Wildman–Crippen MR) is 68.9 cm³/mol. The first-order chi connectivity index (χ1) is 8.56. The molecule has 2 aromatic carbocycles. The van der Waals surface area contributed by atoms with E-state index >= 15 is 0 Å². The van der Waals surface area contributed by atoms with Crippen molar-refractivity contribution in [2.75, 3.05) is 22.3 Å². The van der Waals surface area contributed by atoms with E-state index in [0.717, 1.165) is 0 Å². The van der Waals surface area contributed by atoms with Gasteiger partial charge in [-0.2, -0.15) is 0 Å². The van der Waals surface area contributed by atoms with Crippen LogP contribution in [0.15, 0.2) is 36.4 Å². The quantitative estimate of drug-likeness (QED) is 0.499. The topological polar surface area (TPSA) is 76.1 Å². The van der Waals surface area contributed by atoms with Gasteiger partial charge in [-0.3, -0.25) is 0 Å². The van der Waals surface area contributed by atoms with Gasteiger partial charge >= 0.3 is 0 Å². The SMILES string of the molecule is Nc1cc(NNc2ccc(F)c(N)c2)ccc1F. The summed E-state index contributed by atoms with van der Waals surface area (Å²) in [6.07, 6.45) is 0. The number of hydrogen-bond acceptors (Lipinski definition) is 4. The maximum atomic E-state index is 12.9. The lowest BCUT2D eigenvalue weighted by Crippen LogP contribution is -2.09. The van der Waals surface area contributed by atoms with Crippen LogP contribution in [0.1, 0.15) is 0 Å². The van der Waals surface area contributed by atoms with Crippen LogP contribution in [0.5, 0.6) is 0 Å². The van der Waals surface area contributed by atoms with Crippen LogP contribution < -0.4 is 22.3 Å². The highest BCUT2D eigenvalue weighted by molar-refractivity contribution is 5.61. The number of benzene rings is 2. The normalized spacial score (nSPS) is 10.1. The predicted octanol–water partition coefficient (Wildman–Crippen LogP) is 2.57. The molecule has 0 aliphatic rings. The van der Waals surface area contributed by atoms with Gasteiger partial charge in [0.1, 0.15) is 11.6 Å². The molecule has 0 aromatic heterocycles. The number of nitrogens with one attached hydrogen (secondary N) is 2. The highest BCUT2D eigenvalue weighted by atomic mass is 19.1. The molecule has 0 unspecified atom stereocenters. The lowest BCUT2D eigenvalue weighted by molar-refractivity contribution is 0.632. The second-order valence-corrected chi connectivity index (χ2v) is 3.72. The maximum Gasteiger partial charge on any atom is 0.146 e. The lowest BCUT2D eigenvalue weighted by atomic mass is 10.2. The number of nitrogens with two attached hydrogens (primary N) is 2. The van der Waals surface area contributed by atoms with E-state index in [9.17, 15) is 8.78 Å². The fourth-order valence-corrected chi connectivity index (χ4v) is 1.39. The van der Waals surface area contributed by atoms with E-state index in [1.807, 2.05) is 0 Å². The third-order valence-electron chi connectivity index (χ3n) is 2.34. The van der Waals surface area contributed by atoms with Crippen molar-refractivity contribution >= 4 is 22.7 Å². The van der Waals surface area contributed by atoms with E-state index < -0.39 is 11.6 Å². The van der Waals surface area contributed by atoms with Crippen molar-refractivity contribution in [3.05, 3.63) is 48.0 Å². The minimum absolute atomic E-state index is 0.0421.